The van der Waals surface area contributed by atoms with Gasteiger partial charge in [-0.15, -0.1) is 0 Å². The molecule has 9 heteroatoms. The lowest BCUT2D eigenvalue weighted by Crippen LogP contribution is -2.42. The Kier molecular flexibility index (Phi) is 14.0. The number of aliphatic hydroxyl groups excluding tert-OH is 2. The normalized spacial score (nSPS) is 23.5. The number of aromatic nitrogens is 4. The average Bonchev–Trinajstić information content (AvgIpc) is 4.15. The number of ether oxygens (including phenoxy) is 1. The minimum atomic E-state index is -0.678. The average molecular weight is 899 g/mol. The fourth-order valence-corrected chi connectivity index (χ4v) is 11.0. The van der Waals surface area contributed by atoms with Crippen molar-refractivity contribution >= 4 is 18.2 Å². The van der Waals surface area contributed by atoms with E-state index in [0.29, 0.717) is 0 Å². The van der Waals surface area contributed by atoms with Gasteiger partial charge in [0.2, 0.25) is 0 Å². The molecule has 67 heavy (non-hydrogen) atoms. The van der Waals surface area contributed by atoms with Crippen LogP contribution in [0.4, 0.5) is 8.78 Å². The van der Waals surface area contributed by atoms with Gasteiger partial charge in [-0.3, -0.25) is 0 Å². The van der Waals surface area contributed by atoms with Crippen molar-refractivity contribution in [3.8, 4) is 23.2 Å². The van der Waals surface area contributed by atoms with Gasteiger partial charge in [-0.05, 0) is 170 Å². The summed E-state index contributed by atoms with van der Waals surface area (Å²) in [5.74, 6) is 5.98. The van der Waals surface area contributed by atoms with E-state index in [1.165, 1.54) is 53.8 Å². The van der Waals surface area contributed by atoms with Gasteiger partial charge in [0.1, 0.15) is 17.7 Å². The molecule has 7 nitrogen and oxygen atoms in total. The van der Waals surface area contributed by atoms with Crippen molar-refractivity contribution in [2.75, 3.05) is 13.2 Å². The Morgan fingerprint density at radius 2 is 1.15 bits per heavy atom. The van der Waals surface area contributed by atoms with Gasteiger partial charge in [0, 0.05) is 24.7 Å². The second kappa shape index (κ2) is 20.4. The molecule has 2 saturated carbocycles. The quantitative estimate of drug-likeness (QED) is 0.163. The Balaban J connectivity index is 0.000000152. The first-order valence-electron chi connectivity index (χ1n) is 23.9. The molecule has 0 spiro atoms. The summed E-state index contributed by atoms with van der Waals surface area (Å²) in [7, 11) is 0. The fraction of sp³-hybridized carbons (Fsp3) is 0.345. The Morgan fingerprint density at radius 3 is 1.66 bits per heavy atom. The van der Waals surface area contributed by atoms with E-state index in [1.807, 2.05) is 94.6 Å². The first kappa shape index (κ1) is 46.0. The van der Waals surface area contributed by atoms with Crippen LogP contribution in [0, 0.1) is 46.1 Å². The molecular formula is C58H60F2N4O3. The predicted octanol–water partition coefficient (Wildman–Crippen LogP) is 11.8. The Hall–Kier alpha value is -6.18. The van der Waals surface area contributed by atoms with E-state index in [4.69, 9.17) is 4.74 Å². The molecule has 6 aromatic rings. The number of aliphatic hydroxyl groups is 2. The van der Waals surface area contributed by atoms with E-state index in [1.54, 1.807) is 24.3 Å². The molecule has 0 bridgehead atoms. The molecule has 5 aliphatic rings. The number of hydrogen-bond acceptors (Lipinski definition) is 5. The minimum absolute atomic E-state index is 0.0750. The van der Waals surface area contributed by atoms with Gasteiger partial charge >= 0.3 is 0 Å². The number of rotatable bonds is 6. The zero-order valence-corrected chi connectivity index (χ0v) is 38.5. The van der Waals surface area contributed by atoms with Gasteiger partial charge < -0.3 is 14.9 Å². The van der Waals surface area contributed by atoms with Crippen LogP contribution in [-0.2, 0) is 17.6 Å². The lowest BCUT2D eigenvalue weighted by atomic mass is 9.58. The summed E-state index contributed by atoms with van der Waals surface area (Å²) < 4.78 is 35.4. The molecule has 3 heterocycles. The number of hydrogen-bond donors (Lipinski definition) is 2. The highest BCUT2D eigenvalue weighted by atomic mass is 19.1. The van der Waals surface area contributed by atoms with Crippen molar-refractivity contribution in [2.24, 2.45) is 22.7 Å². The Morgan fingerprint density at radius 1 is 0.657 bits per heavy atom. The van der Waals surface area contributed by atoms with E-state index in [-0.39, 0.29) is 34.3 Å². The van der Waals surface area contributed by atoms with E-state index < -0.39 is 12.2 Å². The highest BCUT2D eigenvalue weighted by Gasteiger charge is 2.47. The molecule has 4 aromatic carbocycles. The third kappa shape index (κ3) is 10.1. The standard InChI is InChI=1S/C27H27FN2O.C27H25FN2O.C4H8O/c2*1-27-17-20-18-29-30(23-13-11-22(28)12-14-23)25(20)16-21(27)8-5-9-24(27)26(31)15-10-19-6-3-2-4-7-19;1-2-4-5-3-1/h2-4,6-7,10-16,18,24,26,31H,5,8-9,17H2,1H3;2-4,6-7,11-14,16,18,24,26,31H,5,8-9,17H2,1H3;1-4H2/b15-10+;;/t2*24-,26+,27+;/m11./s1. The largest absolute Gasteiger partial charge is 0.389 e. The molecule has 344 valence electrons. The summed E-state index contributed by atoms with van der Waals surface area (Å²) in [5.41, 5.74) is 10.7. The number of fused-ring (bicyclic) bond motifs is 4. The monoisotopic (exact) mass is 898 g/mol. The van der Waals surface area contributed by atoms with Crippen LogP contribution in [0.3, 0.4) is 0 Å². The molecule has 2 aromatic heterocycles. The van der Waals surface area contributed by atoms with Crippen LogP contribution in [0.1, 0.15) is 98.9 Å². The van der Waals surface area contributed by atoms with Gasteiger partial charge in [0.05, 0.1) is 41.3 Å². The summed E-state index contributed by atoms with van der Waals surface area (Å²) >= 11 is 0. The lowest BCUT2D eigenvalue weighted by Gasteiger charge is -2.47. The fourth-order valence-electron chi connectivity index (χ4n) is 11.0. The predicted molar refractivity (Wildman–Crippen MR) is 262 cm³/mol. The zero-order valence-electron chi connectivity index (χ0n) is 38.5. The molecule has 0 amide bonds. The number of allylic oxidation sites excluding steroid dienone is 2. The first-order chi connectivity index (χ1) is 32.6. The smallest absolute Gasteiger partial charge is 0.123 e. The summed E-state index contributed by atoms with van der Waals surface area (Å²) in [4.78, 5) is 0. The van der Waals surface area contributed by atoms with Crippen molar-refractivity contribution in [1.29, 1.82) is 0 Å². The second-order valence-corrected chi connectivity index (χ2v) is 19.1. The van der Waals surface area contributed by atoms with Gasteiger partial charge in [-0.2, -0.15) is 10.2 Å². The van der Waals surface area contributed by atoms with Gasteiger partial charge in [-0.25, -0.2) is 18.1 Å². The third-order valence-corrected chi connectivity index (χ3v) is 14.7. The molecule has 4 aliphatic carbocycles. The van der Waals surface area contributed by atoms with Crippen molar-refractivity contribution in [3.05, 3.63) is 184 Å². The lowest BCUT2D eigenvalue weighted by molar-refractivity contribution is 0.0535. The summed E-state index contributed by atoms with van der Waals surface area (Å²) in [6.07, 6.45) is 21.5. The van der Waals surface area contributed by atoms with Crippen LogP contribution < -0.4 is 0 Å². The van der Waals surface area contributed by atoms with Crippen LogP contribution in [0.15, 0.2) is 139 Å². The zero-order chi connectivity index (χ0) is 46.4. The first-order valence-corrected chi connectivity index (χ1v) is 23.9. The van der Waals surface area contributed by atoms with E-state index in [9.17, 15) is 19.0 Å². The molecule has 6 atom stereocenters. The summed E-state index contributed by atoms with van der Waals surface area (Å²) in [6, 6.07) is 32.8. The molecular weight excluding hydrogens is 839 g/mol. The summed E-state index contributed by atoms with van der Waals surface area (Å²) in [6.45, 7) is 6.55. The van der Waals surface area contributed by atoms with Gasteiger partial charge in [0.25, 0.3) is 0 Å². The number of benzene rings is 4. The van der Waals surface area contributed by atoms with E-state index in [0.717, 1.165) is 104 Å². The van der Waals surface area contributed by atoms with Crippen LogP contribution in [0.25, 0.3) is 29.6 Å². The van der Waals surface area contributed by atoms with E-state index >= 15 is 0 Å². The molecule has 1 aliphatic heterocycles. The van der Waals surface area contributed by atoms with Crippen LogP contribution in [-0.4, -0.2) is 55.2 Å². The number of nitrogens with zero attached hydrogens (tertiary/aromatic N) is 4. The van der Waals surface area contributed by atoms with Crippen LogP contribution >= 0.6 is 0 Å². The molecule has 2 N–H and O–H groups in total. The SMILES string of the molecule is C1CCOC1.C[C@]12Cc3cnn(-c4ccc(F)cc4)c3C=C1CCC[C@@H]2[C@@H](O)/C=C/c1ccccc1.C[C@]12Cc3cnn(-c4ccc(F)cc4)c3C=C1CCC[C@@H]2[C@@H](O)C#Cc1ccccc1. The Bertz CT molecular complexity index is 2770. The van der Waals surface area contributed by atoms with Crippen molar-refractivity contribution in [3.63, 3.8) is 0 Å². The highest BCUT2D eigenvalue weighted by Crippen LogP contribution is 2.53. The van der Waals surface area contributed by atoms with Crippen molar-refractivity contribution in [1.82, 2.24) is 19.6 Å². The molecule has 1 saturated heterocycles. The maximum Gasteiger partial charge on any atom is 0.123 e. The van der Waals surface area contributed by atoms with Crippen molar-refractivity contribution < 1.29 is 23.7 Å². The second-order valence-electron chi connectivity index (χ2n) is 19.1. The highest BCUT2D eigenvalue weighted by molar-refractivity contribution is 5.63. The van der Waals surface area contributed by atoms with Gasteiger partial charge in [-0.1, -0.05) is 97.5 Å². The topological polar surface area (TPSA) is 85.3 Å². The third-order valence-electron chi connectivity index (χ3n) is 14.7. The van der Waals surface area contributed by atoms with Crippen molar-refractivity contribution in [2.45, 2.75) is 90.3 Å². The summed E-state index contributed by atoms with van der Waals surface area (Å²) in [5, 5.41) is 31.4. The number of halogens is 2. The maximum absolute atomic E-state index is 13.4. The van der Waals surface area contributed by atoms with Crippen LogP contribution in [0.5, 0.6) is 0 Å². The van der Waals surface area contributed by atoms with Crippen LogP contribution in [0.2, 0.25) is 0 Å². The molecule has 0 radical (unpaired) electrons. The molecule has 0 unspecified atom stereocenters. The Labute approximate surface area is 393 Å². The molecule has 11 rings (SSSR count). The maximum atomic E-state index is 13.4. The molecule has 3 fully saturated rings. The van der Waals surface area contributed by atoms with E-state index in [2.05, 4.69) is 48.0 Å². The van der Waals surface area contributed by atoms with Gasteiger partial charge in [0.15, 0.2) is 0 Å². The minimum Gasteiger partial charge on any atom is -0.389 e.